The maximum Gasteiger partial charge on any atom is 0.0519 e. The van der Waals surface area contributed by atoms with Crippen LogP contribution in [0.15, 0.2) is 169 Å². The summed E-state index contributed by atoms with van der Waals surface area (Å²) >= 11 is 0. The summed E-state index contributed by atoms with van der Waals surface area (Å²) in [6, 6.07) is 34.3. The minimum absolute atomic E-state index is 1.12. The van der Waals surface area contributed by atoms with Crippen LogP contribution in [-0.2, 0) is 0 Å². The molecule has 0 N–H and O–H groups in total. The highest BCUT2D eigenvalue weighted by atomic mass is 15.1. The SMILES string of the molecule is Cc1cccc(C)c1N(c1ccc(/C=C/C=C/C2=CC=CC=C=C2)cc1)c1ccc(/C=C/C=C/c2ccccc2)cc1. The average Bonchev–Trinajstić information content (AvgIpc) is 3.30. The molecule has 0 saturated heterocycles. The van der Waals surface area contributed by atoms with Gasteiger partial charge in [0, 0.05) is 11.4 Å². The summed E-state index contributed by atoms with van der Waals surface area (Å²) < 4.78 is 0. The van der Waals surface area contributed by atoms with Gasteiger partial charge in [-0.3, -0.25) is 0 Å². The lowest BCUT2D eigenvalue weighted by Gasteiger charge is -2.29. The van der Waals surface area contributed by atoms with Crippen LogP contribution in [0.1, 0.15) is 27.8 Å². The van der Waals surface area contributed by atoms with Crippen LogP contribution in [0.2, 0.25) is 0 Å². The van der Waals surface area contributed by atoms with Crippen LogP contribution in [-0.4, -0.2) is 0 Å². The van der Waals surface area contributed by atoms with E-state index >= 15 is 0 Å². The average molecular weight is 542 g/mol. The fourth-order valence-electron chi connectivity index (χ4n) is 4.84. The normalized spacial score (nSPS) is 13.0. The van der Waals surface area contributed by atoms with Gasteiger partial charge in [-0.25, -0.2) is 0 Å². The van der Waals surface area contributed by atoms with Gasteiger partial charge in [-0.2, -0.15) is 0 Å². The molecule has 204 valence electrons. The van der Waals surface area contributed by atoms with Gasteiger partial charge in [-0.15, -0.1) is 5.73 Å². The van der Waals surface area contributed by atoms with E-state index in [1.807, 2.05) is 30.4 Å². The molecule has 0 unspecified atom stereocenters. The minimum Gasteiger partial charge on any atom is -0.310 e. The van der Waals surface area contributed by atoms with E-state index < -0.39 is 0 Å². The van der Waals surface area contributed by atoms with Gasteiger partial charge in [0.05, 0.1) is 5.69 Å². The molecule has 1 heteroatoms. The lowest BCUT2D eigenvalue weighted by molar-refractivity contribution is 1.22. The summed E-state index contributed by atoms with van der Waals surface area (Å²) in [6.45, 7) is 4.36. The second kappa shape index (κ2) is 14.3. The van der Waals surface area contributed by atoms with Crippen molar-refractivity contribution in [2.75, 3.05) is 4.90 Å². The maximum absolute atomic E-state index is 3.14. The van der Waals surface area contributed by atoms with Crippen molar-refractivity contribution in [3.05, 3.63) is 197 Å². The summed E-state index contributed by atoms with van der Waals surface area (Å²) in [7, 11) is 0. The highest BCUT2D eigenvalue weighted by molar-refractivity contribution is 5.81. The molecule has 0 bridgehead atoms. The van der Waals surface area contributed by atoms with E-state index in [2.05, 4.69) is 170 Å². The van der Waals surface area contributed by atoms with E-state index in [9.17, 15) is 0 Å². The molecule has 0 heterocycles. The number of anilines is 3. The molecule has 42 heavy (non-hydrogen) atoms. The van der Waals surface area contributed by atoms with E-state index in [0.717, 1.165) is 28.1 Å². The molecule has 4 aromatic carbocycles. The molecule has 1 aliphatic carbocycles. The van der Waals surface area contributed by atoms with Crippen LogP contribution in [0, 0.1) is 13.8 Å². The lowest BCUT2D eigenvalue weighted by atomic mass is 10.0. The van der Waals surface area contributed by atoms with Crippen molar-refractivity contribution in [3.8, 4) is 0 Å². The first kappa shape index (κ1) is 28.2. The quantitative estimate of drug-likeness (QED) is 0.150. The topological polar surface area (TPSA) is 3.24 Å². The third kappa shape index (κ3) is 7.64. The second-order valence-electron chi connectivity index (χ2n) is 10.1. The number of hydrogen-bond donors (Lipinski definition) is 0. The predicted octanol–water partition coefficient (Wildman–Crippen LogP) is 11.3. The number of allylic oxidation sites excluding steroid dienone is 10. The van der Waals surface area contributed by atoms with E-state index in [1.165, 1.54) is 22.4 Å². The standard InChI is InChI=1S/C41H35N/c1-33-15-14-16-34(2)41(33)42(40-31-27-38(28-32-40)24-13-11-22-36-19-8-5-9-20-36)39-29-25-37(26-30-39)23-12-10-21-35-17-6-3-4-7-18-35/h3-6,8-32H,1-2H3/b21-10+,22-11+,23-12+,24-13+. The molecule has 0 radical (unpaired) electrons. The van der Waals surface area contributed by atoms with Crippen LogP contribution in [0.25, 0.3) is 18.2 Å². The Kier molecular flexibility index (Phi) is 9.61. The molecule has 0 saturated carbocycles. The highest BCUT2D eigenvalue weighted by Gasteiger charge is 2.16. The summed E-state index contributed by atoms with van der Waals surface area (Å²) in [6.07, 6.45) is 26.7. The fourth-order valence-corrected chi connectivity index (χ4v) is 4.84. The van der Waals surface area contributed by atoms with Crippen molar-refractivity contribution in [2.24, 2.45) is 0 Å². The first-order chi connectivity index (χ1) is 20.7. The Balaban J connectivity index is 1.36. The molecular weight excluding hydrogens is 506 g/mol. The van der Waals surface area contributed by atoms with Crippen LogP contribution < -0.4 is 4.90 Å². The third-order valence-electron chi connectivity index (χ3n) is 6.98. The van der Waals surface area contributed by atoms with Crippen molar-refractivity contribution in [1.29, 1.82) is 0 Å². The van der Waals surface area contributed by atoms with E-state index in [4.69, 9.17) is 0 Å². The van der Waals surface area contributed by atoms with Gasteiger partial charge in [-0.1, -0.05) is 140 Å². The van der Waals surface area contributed by atoms with Gasteiger partial charge < -0.3 is 4.90 Å². The summed E-state index contributed by atoms with van der Waals surface area (Å²) in [5, 5.41) is 0. The predicted molar refractivity (Wildman–Crippen MR) is 183 cm³/mol. The largest absolute Gasteiger partial charge is 0.310 e. The number of para-hydroxylation sites is 1. The summed E-state index contributed by atoms with van der Waals surface area (Å²) in [5.41, 5.74) is 13.7. The number of nitrogens with zero attached hydrogens (tertiary/aromatic N) is 1. The van der Waals surface area contributed by atoms with Gasteiger partial charge in [0.2, 0.25) is 0 Å². The minimum atomic E-state index is 1.12. The Morgan fingerprint density at radius 1 is 0.524 bits per heavy atom. The lowest BCUT2D eigenvalue weighted by Crippen LogP contribution is -2.12. The Labute approximate surface area is 250 Å². The van der Waals surface area contributed by atoms with Crippen LogP contribution in [0.5, 0.6) is 0 Å². The zero-order valence-electron chi connectivity index (χ0n) is 24.2. The van der Waals surface area contributed by atoms with Crippen molar-refractivity contribution in [2.45, 2.75) is 13.8 Å². The number of hydrogen-bond acceptors (Lipinski definition) is 1. The summed E-state index contributed by atoms with van der Waals surface area (Å²) in [5.74, 6) is 0. The number of aryl methyl sites for hydroxylation is 2. The molecule has 0 atom stereocenters. The zero-order valence-corrected chi connectivity index (χ0v) is 24.2. The van der Waals surface area contributed by atoms with Gasteiger partial charge in [0.15, 0.2) is 0 Å². The molecule has 0 aromatic heterocycles. The van der Waals surface area contributed by atoms with Crippen LogP contribution in [0.4, 0.5) is 17.1 Å². The van der Waals surface area contributed by atoms with Crippen molar-refractivity contribution in [3.63, 3.8) is 0 Å². The maximum atomic E-state index is 3.14. The second-order valence-corrected chi connectivity index (χ2v) is 10.1. The van der Waals surface area contributed by atoms with Crippen molar-refractivity contribution in [1.82, 2.24) is 0 Å². The Hall–Kier alpha value is -5.36. The first-order valence-corrected chi connectivity index (χ1v) is 14.3. The Bertz CT molecular complexity index is 1710. The molecule has 0 fully saturated rings. The van der Waals surface area contributed by atoms with Gasteiger partial charge in [0.1, 0.15) is 0 Å². The zero-order chi connectivity index (χ0) is 29.0. The molecule has 0 aliphatic heterocycles. The fraction of sp³-hybridized carbons (Fsp3) is 0.0488. The van der Waals surface area contributed by atoms with Crippen molar-refractivity contribution < 1.29 is 0 Å². The van der Waals surface area contributed by atoms with Crippen LogP contribution >= 0.6 is 0 Å². The van der Waals surface area contributed by atoms with E-state index in [-0.39, 0.29) is 0 Å². The highest BCUT2D eigenvalue weighted by Crippen LogP contribution is 2.38. The molecule has 1 nitrogen and oxygen atoms in total. The van der Waals surface area contributed by atoms with Gasteiger partial charge in [-0.05, 0) is 83.7 Å². The van der Waals surface area contributed by atoms with Gasteiger partial charge in [0.25, 0.3) is 0 Å². The molecule has 0 spiro atoms. The molecule has 5 rings (SSSR count). The molecular formula is C41H35N. The van der Waals surface area contributed by atoms with Gasteiger partial charge >= 0.3 is 0 Å². The smallest absolute Gasteiger partial charge is 0.0519 e. The number of rotatable bonds is 9. The van der Waals surface area contributed by atoms with Crippen LogP contribution in [0.3, 0.4) is 0 Å². The van der Waals surface area contributed by atoms with Crippen molar-refractivity contribution >= 4 is 35.3 Å². The van der Waals surface area contributed by atoms with E-state index in [1.54, 1.807) is 0 Å². The Morgan fingerprint density at radius 3 is 1.62 bits per heavy atom. The van der Waals surface area contributed by atoms with E-state index in [0.29, 0.717) is 0 Å². The Morgan fingerprint density at radius 2 is 1.05 bits per heavy atom. The monoisotopic (exact) mass is 541 g/mol. The molecule has 4 aromatic rings. The molecule has 1 aliphatic rings. The number of benzene rings is 4. The first-order valence-electron chi connectivity index (χ1n) is 14.3. The molecule has 0 amide bonds. The summed E-state index contributed by atoms with van der Waals surface area (Å²) in [4.78, 5) is 2.35. The third-order valence-corrected chi connectivity index (χ3v) is 6.98.